The Labute approximate surface area is 139 Å². The van der Waals surface area contributed by atoms with E-state index < -0.39 is 17.5 Å². The molecule has 1 N–H and O–H groups in total. The number of para-hydroxylation sites is 1. The highest BCUT2D eigenvalue weighted by Gasteiger charge is 2.12. The number of nitrogens with zero attached hydrogens (tertiary/aromatic N) is 1. The highest BCUT2D eigenvalue weighted by atomic mass is 32.1. The molecule has 2 aromatic heterocycles. The van der Waals surface area contributed by atoms with Crippen LogP contribution in [0.5, 0.6) is 0 Å². The predicted octanol–water partition coefficient (Wildman–Crippen LogP) is 1.39. The van der Waals surface area contributed by atoms with Crippen molar-refractivity contribution in [3.05, 3.63) is 46.1 Å². The van der Waals surface area contributed by atoms with Crippen molar-refractivity contribution in [2.24, 2.45) is 0 Å². The first-order valence-corrected chi connectivity index (χ1v) is 7.89. The van der Waals surface area contributed by atoms with E-state index in [1.165, 1.54) is 0 Å². The van der Waals surface area contributed by atoms with E-state index in [1.54, 1.807) is 23.6 Å². The lowest BCUT2D eigenvalue weighted by Gasteiger charge is -2.02. The molecule has 0 fully saturated rings. The van der Waals surface area contributed by atoms with Gasteiger partial charge in [-0.15, -0.1) is 11.3 Å². The van der Waals surface area contributed by atoms with E-state index in [2.05, 4.69) is 10.3 Å². The second-order valence-electron chi connectivity index (χ2n) is 4.94. The Morgan fingerprint density at radius 3 is 2.83 bits per heavy atom. The van der Waals surface area contributed by atoms with E-state index in [0.717, 1.165) is 16.7 Å². The Kier molecular flexibility index (Phi) is 4.39. The lowest BCUT2D eigenvalue weighted by Crippen LogP contribution is -2.24. The number of aliphatic carboxylic acids is 1. The van der Waals surface area contributed by atoms with Crippen LogP contribution in [-0.2, 0) is 9.59 Å². The molecule has 7 nitrogen and oxygen atoms in total. The van der Waals surface area contributed by atoms with Crippen LogP contribution in [0.4, 0.5) is 5.13 Å². The fourth-order valence-electron chi connectivity index (χ4n) is 2.09. The van der Waals surface area contributed by atoms with Crippen molar-refractivity contribution in [3.8, 4) is 11.3 Å². The van der Waals surface area contributed by atoms with Gasteiger partial charge in [0.2, 0.25) is 5.91 Å². The zero-order chi connectivity index (χ0) is 17.1. The number of carbonyl (C=O) groups is 2. The molecule has 0 saturated carbocycles. The number of rotatable bonds is 5. The van der Waals surface area contributed by atoms with E-state index in [4.69, 9.17) is 4.42 Å². The maximum atomic E-state index is 12.1. The van der Waals surface area contributed by atoms with E-state index >= 15 is 0 Å². The summed E-state index contributed by atoms with van der Waals surface area (Å²) in [6.07, 6.45) is -0.562. The predicted molar refractivity (Wildman–Crippen MR) is 86.5 cm³/mol. The van der Waals surface area contributed by atoms with Gasteiger partial charge in [-0.3, -0.25) is 4.79 Å². The Bertz CT molecular complexity index is 976. The second kappa shape index (κ2) is 6.63. The normalized spacial score (nSPS) is 10.7. The summed E-state index contributed by atoms with van der Waals surface area (Å²) in [6, 6.07) is 8.80. The fourth-order valence-corrected chi connectivity index (χ4v) is 2.82. The third kappa shape index (κ3) is 3.49. The summed E-state index contributed by atoms with van der Waals surface area (Å²) >= 11 is 1.13. The summed E-state index contributed by atoms with van der Waals surface area (Å²) in [5.41, 5.74) is 0.640. The van der Waals surface area contributed by atoms with Crippen molar-refractivity contribution in [2.75, 3.05) is 5.32 Å². The monoisotopic (exact) mass is 343 g/mol. The SMILES string of the molecule is O=C([O-])CCC(=O)Nc1nc(-c2cc3ccccc3oc2=O)cs1. The number of carboxylic acids is 1. The quantitative estimate of drug-likeness (QED) is 0.701. The molecule has 8 heteroatoms. The molecule has 24 heavy (non-hydrogen) atoms. The summed E-state index contributed by atoms with van der Waals surface area (Å²) in [7, 11) is 0. The van der Waals surface area contributed by atoms with Crippen molar-refractivity contribution >= 4 is 39.3 Å². The number of fused-ring (bicyclic) bond motifs is 1. The number of thiazole rings is 1. The Hall–Kier alpha value is -3.00. The van der Waals surface area contributed by atoms with Crippen LogP contribution in [-0.4, -0.2) is 16.9 Å². The van der Waals surface area contributed by atoms with Crippen LogP contribution >= 0.6 is 11.3 Å². The first-order chi connectivity index (χ1) is 11.5. The summed E-state index contributed by atoms with van der Waals surface area (Å²) in [4.78, 5) is 38.2. The third-order valence-corrected chi connectivity index (χ3v) is 3.98. The number of hydrogen-bond acceptors (Lipinski definition) is 7. The maximum absolute atomic E-state index is 12.1. The molecule has 0 aliphatic rings. The first-order valence-electron chi connectivity index (χ1n) is 7.01. The standard InChI is InChI=1S/C16H12N2O5S/c19-13(5-6-14(20)21)18-16-17-11(8-24-16)10-7-9-3-1-2-4-12(9)23-15(10)22/h1-4,7-8H,5-6H2,(H,20,21)(H,17,18,19)/p-1. The largest absolute Gasteiger partial charge is 0.550 e. The minimum atomic E-state index is -1.29. The second-order valence-corrected chi connectivity index (χ2v) is 5.80. The third-order valence-electron chi connectivity index (χ3n) is 3.22. The zero-order valence-electron chi connectivity index (χ0n) is 12.3. The Balaban J connectivity index is 1.83. The molecule has 0 aliphatic heterocycles. The van der Waals surface area contributed by atoms with Crippen molar-refractivity contribution in [1.82, 2.24) is 4.98 Å². The van der Waals surface area contributed by atoms with E-state index in [1.807, 2.05) is 12.1 Å². The van der Waals surface area contributed by atoms with Crippen LogP contribution in [0.3, 0.4) is 0 Å². The van der Waals surface area contributed by atoms with Gasteiger partial charge < -0.3 is 19.6 Å². The van der Waals surface area contributed by atoms with Gasteiger partial charge in [-0.05, 0) is 18.6 Å². The zero-order valence-corrected chi connectivity index (χ0v) is 13.1. The van der Waals surface area contributed by atoms with Gasteiger partial charge in [0.1, 0.15) is 5.58 Å². The number of carbonyl (C=O) groups excluding carboxylic acids is 2. The number of benzene rings is 1. The number of aromatic nitrogens is 1. The Morgan fingerprint density at radius 1 is 1.25 bits per heavy atom. The molecular weight excluding hydrogens is 332 g/mol. The van der Waals surface area contributed by atoms with Gasteiger partial charge in [-0.2, -0.15) is 0 Å². The van der Waals surface area contributed by atoms with Crippen molar-refractivity contribution in [2.45, 2.75) is 12.8 Å². The van der Waals surface area contributed by atoms with Gasteiger partial charge in [0.15, 0.2) is 5.13 Å². The average molecular weight is 343 g/mol. The van der Waals surface area contributed by atoms with Crippen LogP contribution < -0.4 is 16.0 Å². The minimum absolute atomic E-state index is 0.199. The highest BCUT2D eigenvalue weighted by Crippen LogP contribution is 2.25. The van der Waals surface area contributed by atoms with E-state index in [9.17, 15) is 19.5 Å². The molecule has 3 aromatic rings. The van der Waals surface area contributed by atoms with Gasteiger partial charge in [0, 0.05) is 23.2 Å². The van der Waals surface area contributed by atoms with Gasteiger partial charge in [-0.25, -0.2) is 9.78 Å². The van der Waals surface area contributed by atoms with E-state index in [0.29, 0.717) is 16.8 Å². The Morgan fingerprint density at radius 2 is 2.04 bits per heavy atom. The van der Waals surface area contributed by atoms with Crippen LogP contribution in [0.15, 0.2) is 44.9 Å². The molecule has 0 aliphatic carbocycles. The van der Waals surface area contributed by atoms with E-state index in [-0.39, 0.29) is 18.0 Å². The van der Waals surface area contributed by atoms with Crippen molar-refractivity contribution in [1.29, 1.82) is 0 Å². The molecule has 0 spiro atoms. The molecule has 0 bridgehead atoms. The molecule has 3 rings (SSSR count). The topological polar surface area (TPSA) is 112 Å². The number of carboxylic acid groups (broad SMARTS) is 1. The number of anilines is 1. The fraction of sp³-hybridized carbons (Fsp3) is 0.125. The number of hydrogen-bond donors (Lipinski definition) is 1. The van der Waals surface area contributed by atoms with Crippen LogP contribution in [0.2, 0.25) is 0 Å². The van der Waals surface area contributed by atoms with Crippen molar-refractivity contribution in [3.63, 3.8) is 0 Å². The average Bonchev–Trinajstić information content (AvgIpc) is 3.00. The summed E-state index contributed by atoms with van der Waals surface area (Å²) < 4.78 is 5.25. The molecule has 2 heterocycles. The van der Waals surface area contributed by atoms with Crippen LogP contribution in [0.1, 0.15) is 12.8 Å². The lowest BCUT2D eigenvalue weighted by molar-refractivity contribution is -0.305. The molecule has 1 amide bonds. The summed E-state index contributed by atoms with van der Waals surface area (Å²) in [5.74, 6) is -1.77. The maximum Gasteiger partial charge on any atom is 0.345 e. The van der Waals surface area contributed by atoms with Gasteiger partial charge in [0.05, 0.1) is 11.3 Å². The molecule has 0 atom stereocenters. The summed E-state index contributed by atoms with van der Waals surface area (Å²) in [6.45, 7) is 0. The number of amides is 1. The van der Waals surface area contributed by atoms with Crippen molar-refractivity contribution < 1.29 is 19.1 Å². The number of nitrogens with one attached hydrogen (secondary N) is 1. The molecule has 0 unspecified atom stereocenters. The van der Waals surface area contributed by atoms with Gasteiger partial charge >= 0.3 is 5.63 Å². The highest BCUT2D eigenvalue weighted by molar-refractivity contribution is 7.14. The van der Waals surface area contributed by atoms with Gasteiger partial charge in [0.25, 0.3) is 0 Å². The minimum Gasteiger partial charge on any atom is -0.550 e. The van der Waals surface area contributed by atoms with Crippen LogP contribution in [0, 0.1) is 0 Å². The van der Waals surface area contributed by atoms with Gasteiger partial charge in [-0.1, -0.05) is 18.2 Å². The molecule has 0 saturated heterocycles. The lowest BCUT2D eigenvalue weighted by atomic mass is 10.1. The van der Waals surface area contributed by atoms with Crippen LogP contribution in [0.25, 0.3) is 22.2 Å². The molecule has 122 valence electrons. The summed E-state index contributed by atoms with van der Waals surface area (Å²) in [5, 5.41) is 15.5. The molecule has 1 aromatic carbocycles. The first kappa shape index (κ1) is 15.9. The molecule has 0 radical (unpaired) electrons. The molecular formula is C16H11N2O5S-. The smallest absolute Gasteiger partial charge is 0.345 e.